The van der Waals surface area contributed by atoms with Crippen molar-refractivity contribution >= 4 is 11.9 Å². The lowest BCUT2D eigenvalue weighted by atomic mass is 9.85. The fourth-order valence-electron chi connectivity index (χ4n) is 4.88. The number of hydrogen-bond acceptors (Lipinski definition) is 5. The van der Waals surface area contributed by atoms with E-state index in [1.54, 1.807) is 7.11 Å². The summed E-state index contributed by atoms with van der Waals surface area (Å²) in [6, 6.07) is 11.5. The van der Waals surface area contributed by atoms with E-state index in [9.17, 15) is 9.59 Å². The molecule has 2 aliphatic rings. The topological polar surface area (TPSA) is 66.0 Å². The van der Waals surface area contributed by atoms with Crippen LogP contribution in [-0.2, 0) is 17.9 Å². The van der Waals surface area contributed by atoms with Crippen LogP contribution >= 0.6 is 0 Å². The highest BCUT2D eigenvalue weighted by Crippen LogP contribution is 2.39. The molecule has 33 heavy (non-hydrogen) atoms. The minimum absolute atomic E-state index is 0.0531. The van der Waals surface area contributed by atoms with E-state index in [0.29, 0.717) is 25.3 Å². The molecule has 0 N–H and O–H groups in total. The number of pyridine rings is 1. The van der Waals surface area contributed by atoms with E-state index in [2.05, 4.69) is 23.7 Å². The zero-order valence-corrected chi connectivity index (χ0v) is 19.9. The summed E-state index contributed by atoms with van der Waals surface area (Å²) in [6.45, 7) is 7.59. The Bertz CT molecular complexity index is 971. The summed E-state index contributed by atoms with van der Waals surface area (Å²) < 4.78 is 5.32. The van der Waals surface area contributed by atoms with Gasteiger partial charge in [-0.25, -0.2) is 4.79 Å². The number of nitrogens with zero attached hydrogens (tertiary/aromatic N) is 4. The van der Waals surface area contributed by atoms with Gasteiger partial charge in [-0.1, -0.05) is 26.0 Å². The Labute approximate surface area is 196 Å². The van der Waals surface area contributed by atoms with E-state index in [1.165, 1.54) is 10.5 Å². The molecule has 3 heterocycles. The van der Waals surface area contributed by atoms with Crippen molar-refractivity contribution in [1.82, 2.24) is 19.7 Å². The van der Waals surface area contributed by atoms with Crippen molar-refractivity contribution in [3.8, 4) is 5.75 Å². The zero-order chi connectivity index (χ0) is 23.4. The number of aromatic nitrogens is 1. The molecule has 7 nitrogen and oxygen atoms in total. The van der Waals surface area contributed by atoms with Crippen LogP contribution in [0.1, 0.15) is 44.2 Å². The van der Waals surface area contributed by atoms with Crippen LogP contribution in [0.4, 0.5) is 4.79 Å². The first kappa shape index (κ1) is 23.2. The summed E-state index contributed by atoms with van der Waals surface area (Å²) in [5.74, 6) is 1.13. The van der Waals surface area contributed by atoms with Gasteiger partial charge in [-0.05, 0) is 60.6 Å². The van der Waals surface area contributed by atoms with Crippen LogP contribution in [0.15, 0.2) is 48.8 Å². The number of urea groups is 1. The van der Waals surface area contributed by atoms with Gasteiger partial charge in [-0.3, -0.25) is 19.6 Å². The van der Waals surface area contributed by atoms with E-state index in [1.807, 2.05) is 53.7 Å². The molecule has 1 spiro atoms. The average molecular weight is 451 g/mol. The maximum Gasteiger partial charge on any atom is 0.327 e. The number of methoxy groups -OCH3 is 1. The summed E-state index contributed by atoms with van der Waals surface area (Å²) in [7, 11) is 1.62. The maximum absolute atomic E-state index is 13.8. The maximum atomic E-state index is 13.8. The molecule has 2 aliphatic heterocycles. The Hall–Kier alpha value is -2.93. The summed E-state index contributed by atoms with van der Waals surface area (Å²) in [5.41, 5.74) is 1.37. The minimum Gasteiger partial charge on any atom is -0.497 e. The molecular formula is C26H34N4O3. The molecule has 1 aromatic heterocycles. The van der Waals surface area contributed by atoms with Crippen LogP contribution in [0.5, 0.6) is 5.75 Å². The highest BCUT2D eigenvalue weighted by Gasteiger charge is 2.57. The second-order valence-corrected chi connectivity index (χ2v) is 9.52. The van der Waals surface area contributed by atoms with E-state index in [0.717, 1.165) is 37.4 Å². The number of likely N-dealkylation sites (tertiary alicyclic amines) is 1. The Kier molecular flexibility index (Phi) is 6.98. The van der Waals surface area contributed by atoms with E-state index in [-0.39, 0.29) is 18.5 Å². The fraction of sp³-hybridized carbons (Fsp3) is 0.500. The van der Waals surface area contributed by atoms with Crippen molar-refractivity contribution < 1.29 is 14.3 Å². The number of hydrogen-bond donors (Lipinski definition) is 0. The lowest BCUT2D eigenvalue weighted by Crippen LogP contribution is -2.56. The molecule has 2 aromatic rings. The number of carbonyl (C=O) groups is 2. The standard InChI is InChI=1S/C26H34N4O3/c1-20(2)9-14-30-25(32)29(19-22-5-4-6-23(17-22)33-3)24(31)26(30)10-15-28(16-11-26)18-21-7-12-27-13-8-21/h4-8,12-13,17,20H,9-11,14-16,18-19H2,1-3H3. The highest BCUT2D eigenvalue weighted by molar-refractivity contribution is 6.07. The van der Waals surface area contributed by atoms with Crippen molar-refractivity contribution in [2.75, 3.05) is 26.7 Å². The number of piperidine rings is 1. The third kappa shape index (κ3) is 4.88. The first-order chi connectivity index (χ1) is 15.9. The van der Waals surface area contributed by atoms with Gasteiger partial charge in [-0.2, -0.15) is 0 Å². The first-order valence-corrected chi connectivity index (χ1v) is 11.8. The molecule has 0 aliphatic carbocycles. The van der Waals surface area contributed by atoms with Gasteiger partial charge in [0.1, 0.15) is 11.3 Å². The highest BCUT2D eigenvalue weighted by atomic mass is 16.5. The molecule has 0 bridgehead atoms. The van der Waals surface area contributed by atoms with Crippen molar-refractivity contribution in [1.29, 1.82) is 0 Å². The lowest BCUT2D eigenvalue weighted by molar-refractivity contribution is -0.136. The van der Waals surface area contributed by atoms with Crippen molar-refractivity contribution in [3.63, 3.8) is 0 Å². The van der Waals surface area contributed by atoms with Crippen molar-refractivity contribution in [2.45, 2.75) is 51.7 Å². The van der Waals surface area contributed by atoms with E-state index in [4.69, 9.17) is 4.74 Å². The average Bonchev–Trinajstić information content (AvgIpc) is 3.01. The Morgan fingerprint density at radius 2 is 1.76 bits per heavy atom. The van der Waals surface area contributed by atoms with Gasteiger partial charge in [0.2, 0.25) is 0 Å². The molecule has 0 saturated carbocycles. The Morgan fingerprint density at radius 1 is 1.03 bits per heavy atom. The van der Waals surface area contributed by atoms with Crippen molar-refractivity contribution in [2.24, 2.45) is 5.92 Å². The predicted molar refractivity (Wildman–Crippen MR) is 127 cm³/mol. The van der Waals surface area contributed by atoms with Gasteiger partial charge in [0, 0.05) is 38.6 Å². The first-order valence-electron chi connectivity index (χ1n) is 11.8. The SMILES string of the molecule is COc1cccc(CN2C(=O)N(CCC(C)C)C3(CCN(Cc4ccncc4)CC3)C2=O)c1. The van der Waals surface area contributed by atoms with Gasteiger partial charge >= 0.3 is 6.03 Å². The third-order valence-electron chi connectivity index (χ3n) is 6.87. The molecule has 0 atom stereocenters. The summed E-state index contributed by atoms with van der Waals surface area (Å²) in [6.07, 6.45) is 5.83. The lowest BCUT2D eigenvalue weighted by Gasteiger charge is -2.42. The Morgan fingerprint density at radius 3 is 2.42 bits per heavy atom. The third-order valence-corrected chi connectivity index (χ3v) is 6.87. The predicted octanol–water partition coefficient (Wildman–Crippen LogP) is 3.94. The normalized spacial score (nSPS) is 18.5. The zero-order valence-electron chi connectivity index (χ0n) is 19.9. The number of amides is 3. The number of carbonyl (C=O) groups excluding carboxylic acids is 2. The second-order valence-electron chi connectivity index (χ2n) is 9.52. The molecule has 0 unspecified atom stereocenters. The number of benzene rings is 1. The van der Waals surface area contributed by atoms with Crippen LogP contribution in [0, 0.1) is 5.92 Å². The Balaban J connectivity index is 1.53. The quantitative estimate of drug-likeness (QED) is 0.570. The smallest absolute Gasteiger partial charge is 0.327 e. The number of rotatable bonds is 8. The number of imide groups is 1. The minimum atomic E-state index is -0.737. The molecule has 2 saturated heterocycles. The van der Waals surface area contributed by atoms with Crippen LogP contribution < -0.4 is 4.74 Å². The van der Waals surface area contributed by atoms with Gasteiger partial charge in [0.15, 0.2) is 0 Å². The van der Waals surface area contributed by atoms with Crippen molar-refractivity contribution in [3.05, 3.63) is 59.9 Å². The summed E-state index contributed by atoms with van der Waals surface area (Å²) in [5, 5.41) is 0. The molecular weight excluding hydrogens is 416 g/mol. The number of ether oxygens (including phenoxy) is 1. The molecule has 4 rings (SSSR count). The molecule has 1 aromatic carbocycles. The van der Waals surface area contributed by atoms with Gasteiger partial charge in [0.05, 0.1) is 13.7 Å². The summed E-state index contributed by atoms with van der Waals surface area (Å²) in [4.78, 5) is 37.1. The largest absolute Gasteiger partial charge is 0.497 e. The van der Waals surface area contributed by atoms with Crippen LogP contribution in [0.3, 0.4) is 0 Å². The van der Waals surface area contributed by atoms with Crippen LogP contribution in [-0.4, -0.2) is 63.9 Å². The molecule has 176 valence electrons. The fourth-order valence-corrected chi connectivity index (χ4v) is 4.88. The monoisotopic (exact) mass is 450 g/mol. The molecule has 2 fully saturated rings. The van der Waals surface area contributed by atoms with E-state index >= 15 is 0 Å². The second kappa shape index (κ2) is 9.91. The van der Waals surface area contributed by atoms with Crippen LogP contribution in [0.25, 0.3) is 0 Å². The van der Waals surface area contributed by atoms with Gasteiger partial charge < -0.3 is 9.64 Å². The van der Waals surface area contributed by atoms with E-state index < -0.39 is 5.54 Å². The van der Waals surface area contributed by atoms with Gasteiger partial charge in [0.25, 0.3) is 5.91 Å². The molecule has 0 radical (unpaired) electrons. The molecule has 3 amide bonds. The van der Waals surface area contributed by atoms with Crippen LogP contribution in [0.2, 0.25) is 0 Å². The van der Waals surface area contributed by atoms with Gasteiger partial charge in [-0.15, -0.1) is 0 Å². The summed E-state index contributed by atoms with van der Waals surface area (Å²) >= 11 is 0. The molecule has 7 heteroatoms.